The second-order valence-electron chi connectivity index (χ2n) is 5.67. The number of hydrogen-bond donors (Lipinski definition) is 1. The molecule has 0 saturated carbocycles. The molecule has 4 aromatic heterocycles. The van der Waals surface area contributed by atoms with Gasteiger partial charge < -0.3 is 5.32 Å². The predicted octanol–water partition coefficient (Wildman–Crippen LogP) is 4.65. The second kappa shape index (κ2) is 6.18. The lowest BCUT2D eigenvalue weighted by Crippen LogP contribution is -1.98. The van der Waals surface area contributed by atoms with Gasteiger partial charge in [-0.1, -0.05) is 6.07 Å². The number of hydrogen-bond acceptors (Lipinski definition) is 6. The molecule has 0 radical (unpaired) electrons. The molecule has 4 heterocycles. The van der Waals surface area contributed by atoms with E-state index in [1.165, 1.54) is 12.3 Å². The third-order valence-corrected chi connectivity index (χ3v) is 4.70. The fourth-order valence-electron chi connectivity index (χ4n) is 2.54. The monoisotopic (exact) mass is 351 g/mol. The van der Waals surface area contributed by atoms with Crippen molar-refractivity contribution in [2.75, 3.05) is 5.32 Å². The van der Waals surface area contributed by atoms with Crippen LogP contribution < -0.4 is 5.32 Å². The molecule has 0 fully saturated rings. The van der Waals surface area contributed by atoms with Crippen molar-refractivity contribution < 1.29 is 4.39 Å². The molecule has 0 atom stereocenters. The highest BCUT2D eigenvalue weighted by atomic mass is 32.1. The zero-order valence-electron chi connectivity index (χ0n) is 13.6. The van der Waals surface area contributed by atoms with Crippen LogP contribution in [0.5, 0.6) is 0 Å². The van der Waals surface area contributed by atoms with Gasteiger partial charge in [-0.15, -0.1) is 11.3 Å². The molecule has 1 N–H and O–H groups in total. The number of rotatable bonds is 3. The minimum absolute atomic E-state index is 0.377. The fraction of sp³-hybridized carbons (Fsp3) is 0.111. The summed E-state index contributed by atoms with van der Waals surface area (Å²) in [5.41, 5.74) is 3.32. The Morgan fingerprint density at radius 1 is 1.04 bits per heavy atom. The van der Waals surface area contributed by atoms with Crippen LogP contribution in [0.1, 0.15) is 10.6 Å². The number of aromatic nitrogens is 4. The SMILES string of the molecule is Cc1ccc(Nc2ncc(-c3cncc(F)c3)c3sc(C)nc23)nc1. The number of nitrogens with one attached hydrogen (secondary N) is 1. The van der Waals surface area contributed by atoms with Gasteiger partial charge in [0, 0.05) is 29.7 Å². The van der Waals surface area contributed by atoms with Gasteiger partial charge >= 0.3 is 0 Å². The topological polar surface area (TPSA) is 63.6 Å². The van der Waals surface area contributed by atoms with E-state index < -0.39 is 0 Å². The van der Waals surface area contributed by atoms with Crippen LogP contribution in [0, 0.1) is 19.7 Å². The van der Waals surface area contributed by atoms with E-state index in [0.717, 1.165) is 26.4 Å². The lowest BCUT2D eigenvalue weighted by atomic mass is 10.1. The molecule has 0 unspecified atom stereocenters. The highest BCUT2D eigenvalue weighted by Gasteiger charge is 2.15. The Labute approximate surface area is 147 Å². The molecule has 4 rings (SSSR count). The van der Waals surface area contributed by atoms with Crippen molar-refractivity contribution in [2.45, 2.75) is 13.8 Å². The minimum atomic E-state index is -0.377. The molecule has 124 valence electrons. The predicted molar refractivity (Wildman–Crippen MR) is 97.6 cm³/mol. The van der Waals surface area contributed by atoms with Crippen LogP contribution in [0.15, 0.2) is 43.0 Å². The van der Waals surface area contributed by atoms with Crippen molar-refractivity contribution in [2.24, 2.45) is 0 Å². The minimum Gasteiger partial charge on any atom is -0.323 e. The summed E-state index contributed by atoms with van der Waals surface area (Å²) in [4.78, 5) is 17.3. The first-order valence-electron chi connectivity index (χ1n) is 7.67. The maximum absolute atomic E-state index is 13.5. The number of aryl methyl sites for hydroxylation is 2. The Balaban J connectivity index is 1.83. The summed E-state index contributed by atoms with van der Waals surface area (Å²) in [5.74, 6) is 0.951. The number of nitrogens with zero attached hydrogens (tertiary/aromatic N) is 4. The Morgan fingerprint density at radius 2 is 1.92 bits per heavy atom. The first kappa shape index (κ1) is 15.6. The Morgan fingerprint density at radius 3 is 2.68 bits per heavy atom. The maximum atomic E-state index is 13.5. The average molecular weight is 351 g/mol. The van der Waals surface area contributed by atoms with Gasteiger partial charge in [0.1, 0.15) is 17.2 Å². The van der Waals surface area contributed by atoms with Crippen LogP contribution in [0.4, 0.5) is 16.0 Å². The van der Waals surface area contributed by atoms with E-state index in [1.807, 2.05) is 26.0 Å². The van der Waals surface area contributed by atoms with Crippen LogP contribution in [-0.2, 0) is 0 Å². The molecule has 0 aliphatic rings. The van der Waals surface area contributed by atoms with Crippen molar-refractivity contribution in [3.8, 4) is 11.1 Å². The Hall–Kier alpha value is -2.93. The summed E-state index contributed by atoms with van der Waals surface area (Å²) < 4.78 is 14.5. The summed E-state index contributed by atoms with van der Waals surface area (Å²) in [6.45, 7) is 3.92. The van der Waals surface area contributed by atoms with Gasteiger partial charge in [0.15, 0.2) is 5.82 Å². The molecule has 5 nitrogen and oxygen atoms in total. The van der Waals surface area contributed by atoms with E-state index in [4.69, 9.17) is 0 Å². The summed E-state index contributed by atoms with van der Waals surface area (Å²) in [7, 11) is 0. The largest absolute Gasteiger partial charge is 0.323 e. The summed E-state index contributed by atoms with van der Waals surface area (Å²) in [6.07, 6.45) is 6.32. The van der Waals surface area contributed by atoms with E-state index in [9.17, 15) is 4.39 Å². The summed E-state index contributed by atoms with van der Waals surface area (Å²) >= 11 is 1.54. The smallest absolute Gasteiger partial charge is 0.159 e. The lowest BCUT2D eigenvalue weighted by molar-refractivity contribution is 0.622. The molecule has 0 spiro atoms. The lowest BCUT2D eigenvalue weighted by Gasteiger charge is -2.08. The molecule has 0 aromatic carbocycles. The van der Waals surface area contributed by atoms with E-state index in [1.54, 1.807) is 29.9 Å². The fourth-order valence-corrected chi connectivity index (χ4v) is 3.49. The normalized spacial score (nSPS) is 11.0. The number of pyridine rings is 3. The zero-order chi connectivity index (χ0) is 17.4. The third-order valence-electron chi connectivity index (χ3n) is 3.70. The highest BCUT2D eigenvalue weighted by Crippen LogP contribution is 2.36. The molecule has 7 heteroatoms. The van der Waals surface area contributed by atoms with Crippen LogP contribution in [-0.4, -0.2) is 19.9 Å². The van der Waals surface area contributed by atoms with Crippen LogP contribution >= 0.6 is 11.3 Å². The summed E-state index contributed by atoms with van der Waals surface area (Å²) in [5, 5.41) is 4.12. The van der Waals surface area contributed by atoms with Gasteiger partial charge in [-0.3, -0.25) is 4.98 Å². The second-order valence-corrected chi connectivity index (χ2v) is 6.87. The van der Waals surface area contributed by atoms with Gasteiger partial charge in [-0.05, 0) is 31.5 Å². The molecule has 0 aliphatic heterocycles. The van der Waals surface area contributed by atoms with Crippen LogP contribution in [0.2, 0.25) is 0 Å². The number of thiazole rings is 1. The molecular formula is C18H14FN5S. The average Bonchev–Trinajstić information content (AvgIpc) is 2.99. The first-order chi connectivity index (χ1) is 12.1. The van der Waals surface area contributed by atoms with Crippen molar-refractivity contribution in [3.63, 3.8) is 0 Å². The van der Waals surface area contributed by atoms with E-state index in [-0.39, 0.29) is 5.82 Å². The van der Waals surface area contributed by atoms with Crippen molar-refractivity contribution in [3.05, 3.63) is 59.4 Å². The first-order valence-corrected chi connectivity index (χ1v) is 8.48. The highest BCUT2D eigenvalue weighted by molar-refractivity contribution is 7.19. The molecule has 0 aliphatic carbocycles. The van der Waals surface area contributed by atoms with E-state index >= 15 is 0 Å². The zero-order valence-corrected chi connectivity index (χ0v) is 14.4. The Kier molecular flexibility index (Phi) is 3.85. The number of halogens is 1. The van der Waals surface area contributed by atoms with Crippen molar-refractivity contribution >= 4 is 33.2 Å². The van der Waals surface area contributed by atoms with E-state index in [2.05, 4.69) is 25.3 Å². The molecular weight excluding hydrogens is 337 g/mol. The van der Waals surface area contributed by atoms with Crippen molar-refractivity contribution in [1.29, 1.82) is 0 Å². The van der Waals surface area contributed by atoms with Gasteiger partial charge in [0.25, 0.3) is 0 Å². The van der Waals surface area contributed by atoms with E-state index in [0.29, 0.717) is 17.2 Å². The third kappa shape index (κ3) is 3.06. The molecule has 0 saturated heterocycles. The molecule has 25 heavy (non-hydrogen) atoms. The van der Waals surface area contributed by atoms with Gasteiger partial charge in [-0.25, -0.2) is 19.3 Å². The number of anilines is 2. The Bertz CT molecular complexity index is 1060. The maximum Gasteiger partial charge on any atom is 0.159 e. The van der Waals surface area contributed by atoms with Gasteiger partial charge in [0.2, 0.25) is 0 Å². The van der Waals surface area contributed by atoms with Crippen LogP contribution in [0.3, 0.4) is 0 Å². The number of fused-ring (bicyclic) bond motifs is 1. The van der Waals surface area contributed by atoms with Crippen molar-refractivity contribution in [1.82, 2.24) is 19.9 Å². The van der Waals surface area contributed by atoms with Gasteiger partial charge in [0.05, 0.1) is 15.9 Å². The standard InChI is InChI=1S/C18H14FN5S/c1-10-3-4-15(21-6-10)24-18-16-17(25-11(2)23-16)14(9-22-18)12-5-13(19)8-20-7-12/h3-9H,1-2H3,(H,21,22,24). The van der Waals surface area contributed by atoms with Crippen LogP contribution in [0.25, 0.3) is 21.3 Å². The quantitative estimate of drug-likeness (QED) is 0.582. The molecule has 0 bridgehead atoms. The molecule has 0 amide bonds. The summed E-state index contributed by atoms with van der Waals surface area (Å²) in [6, 6.07) is 5.32. The molecule has 4 aromatic rings. The van der Waals surface area contributed by atoms with Gasteiger partial charge in [-0.2, -0.15) is 0 Å².